The first-order valence-corrected chi connectivity index (χ1v) is 6.69. The maximum atomic E-state index is 4.64. The third-order valence-corrected chi connectivity index (χ3v) is 4.23. The van der Waals surface area contributed by atoms with Gasteiger partial charge in [-0.1, -0.05) is 24.3 Å². The SMILES string of the molecule is CNCc1nc(-c2ccccc2C)sc1Br. The largest absolute Gasteiger partial charge is 0.314 e. The molecule has 0 aliphatic carbocycles. The molecule has 2 nitrogen and oxygen atoms in total. The van der Waals surface area contributed by atoms with Gasteiger partial charge in [-0.15, -0.1) is 11.3 Å². The number of hydrogen-bond donors (Lipinski definition) is 1. The van der Waals surface area contributed by atoms with Crippen LogP contribution in [0.2, 0.25) is 0 Å². The molecule has 0 bridgehead atoms. The van der Waals surface area contributed by atoms with E-state index in [1.54, 1.807) is 11.3 Å². The molecule has 1 heterocycles. The number of hydrogen-bond acceptors (Lipinski definition) is 3. The third-order valence-electron chi connectivity index (χ3n) is 2.37. The molecule has 0 radical (unpaired) electrons. The number of nitrogens with zero attached hydrogens (tertiary/aromatic N) is 1. The molecule has 1 N–H and O–H groups in total. The van der Waals surface area contributed by atoms with Crippen molar-refractivity contribution in [3.05, 3.63) is 39.3 Å². The monoisotopic (exact) mass is 296 g/mol. The highest BCUT2D eigenvalue weighted by atomic mass is 79.9. The highest BCUT2D eigenvalue weighted by molar-refractivity contribution is 9.11. The van der Waals surface area contributed by atoms with Crippen LogP contribution in [0.25, 0.3) is 10.6 Å². The smallest absolute Gasteiger partial charge is 0.125 e. The number of rotatable bonds is 3. The van der Waals surface area contributed by atoms with Gasteiger partial charge < -0.3 is 5.32 Å². The Morgan fingerprint density at radius 1 is 1.38 bits per heavy atom. The molecule has 1 aromatic heterocycles. The summed E-state index contributed by atoms with van der Waals surface area (Å²) in [7, 11) is 1.93. The standard InChI is InChI=1S/C12H13BrN2S/c1-8-5-3-4-6-9(8)12-15-10(7-14-2)11(13)16-12/h3-6,14H,7H2,1-2H3. The fraction of sp³-hybridized carbons (Fsp3) is 0.250. The minimum atomic E-state index is 0.795. The molecule has 0 spiro atoms. The molecule has 84 valence electrons. The highest BCUT2D eigenvalue weighted by Gasteiger charge is 2.10. The maximum Gasteiger partial charge on any atom is 0.125 e. The maximum absolute atomic E-state index is 4.64. The summed E-state index contributed by atoms with van der Waals surface area (Å²) in [5, 5.41) is 4.20. The zero-order valence-electron chi connectivity index (χ0n) is 9.25. The lowest BCUT2D eigenvalue weighted by Gasteiger charge is -2.00. The number of nitrogens with one attached hydrogen (secondary N) is 1. The first-order valence-electron chi connectivity index (χ1n) is 5.08. The van der Waals surface area contributed by atoms with Crippen molar-refractivity contribution in [1.82, 2.24) is 10.3 Å². The van der Waals surface area contributed by atoms with Crippen molar-refractivity contribution in [3.63, 3.8) is 0 Å². The summed E-state index contributed by atoms with van der Waals surface area (Å²) in [6.45, 7) is 2.91. The van der Waals surface area contributed by atoms with E-state index in [0.29, 0.717) is 0 Å². The molecule has 0 amide bonds. The van der Waals surface area contributed by atoms with Crippen molar-refractivity contribution in [2.24, 2.45) is 0 Å². The lowest BCUT2D eigenvalue weighted by Crippen LogP contribution is -2.05. The Balaban J connectivity index is 2.42. The van der Waals surface area contributed by atoms with Crippen LogP contribution in [0.1, 0.15) is 11.3 Å². The van der Waals surface area contributed by atoms with Crippen LogP contribution >= 0.6 is 27.3 Å². The highest BCUT2D eigenvalue weighted by Crippen LogP contribution is 2.33. The molecule has 0 unspecified atom stereocenters. The van der Waals surface area contributed by atoms with E-state index in [-0.39, 0.29) is 0 Å². The summed E-state index contributed by atoms with van der Waals surface area (Å²) in [6.07, 6.45) is 0. The molecule has 0 saturated heterocycles. The summed E-state index contributed by atoms with van der Waals surface area (Å²) in [4.78, 5) is 4.64. The topological polar surface area (TPSA) is 24.9 Å². The van der Waals surface area contributed by atoms with Gasteiger partial charge in [0.05, 0.1) is 9.48 Å². The molecule has 0 saturated carbocycles. The summed E-state index contributed by atoms with van der Waals surface area (Å²) < 4.78 is 1.11. The van der Waals surface area contributed by atoms with Gasteiger partial charge in [-0.25, -0.2) is 4.98 Å². The van der Waals surface area contributed by atoms with E-state index in [2.05, 4.69) is 57.4 Å². The lowest BCUT2D eigenvalue weighted by molar-refractivity contribution is 0.795. The predicted molar refractivity (Wildman–Crippen MR) is 72.8 cm³/mol. The van der Waals surface area contributed by atoms with Crippen molar-refractivity contribution in [3.8, 4) is 10.6 Å². The molecule has 2 aromatic rings. The zero-order valence-corrected chi connectivity index (χ0v) is 11.7. The predicted octanol–water partition coefficient (Wildman–Crippen LogP) is 3.60. The quantitative estimate of drug-likeness (QED) is 0.936. The van der Waals surface area contributed by atoms with Gasteiger partial charge in [0.15, 0.2) is 0 Å². The average Bonchev–Trinajstić information content (AvgIpc) is 2.61. The Kier molecular flexibility index (Phi) is 3.74. The van der Waals surface area contributed by atoms with Crippen LogP contribution in [-0.2, 0) is 6.54 Å². The molecule has 0 aliphatic heterocycles. The molecule has 0 fully saturated rings. The van der Waals surface area contributed by atoms with E-state index in [4.69, 9.17) is 0 Å². The Labute approximate surface area is 108 Å². The van der Waals surface area contributed by atoms with E-state index in [9.17, 15) is 0 Å². The molecule has 16 heavy (non-hydrogen) atoms. The van der Waals surface area contributed by atoms with Crippen molar-refractivity contribution in [1.29, 1.82) is 0 Å². The van der Waals surface area contributed by atoms with Gasteiger partial charge >= 0.3 is 0 Å². The molecule has 0 atom stereocenters. The fourth-order valence-electron chi connectivity index (χ4n) is 1.54. The van der Waals surface area contributed by atoms with E-state index < -0.39 is 0 Å². The van der Waals surface area contributed by atoms with Crippen LogP contribution in [0.4, 0.5) is 0 Å². The molecular formula is C12H13BrN2S. The van der Waals surface area contributed by atoms with E-state index in [1.807, 2.05) is 7.05 Å². The van der Waals surface area contributed by atoms with Crippen LogP contribution < -0.4 is 5.32 Å². The average molecular weight is 297 g/mol. The van der Waals surface area contributed by atoms with Gasteiger partial charge in [0, 0.05) is 12.1 Å². The van der Waals surface area contributed by atoms with E-state index >= 15 is 0 Å². The third kappa shape index (κ3) is 2.34. The molecular weight excluding hydrogens is 284 g/mol. The number of aromatic nitrogens is 1. The zero-order chi connectivity index (χ0) is 11.5. The molecule has 0 aliphatic rings. The Bertz CT molecular complexity index is 494. The van der Waals surface area contributed by atoms with Gasteiger partial charge in [0.1, 0.15) is 5.01 Å². The summed E-state index contributed by atoms with van der Waals surface area (Å²) in [6, 6.07) is 8.33. The van der Waals surface area contributed by atoms with Crippen LogP contribution in [-0.4, -0.2) is 12.0 Å². The van der Waals surface area contributed by atoms with Gasteiger partial charge in [-0.2, -0.15) is 0 Å². The number of aryl methyl sites for hydroxylation is 1. The van der Waals surface area contributed by atoms with E-state index in [1.165, 1.54) is 11.1 Å². The Morgan fingerprint density at radius 2 is 2.12 bits per heavy atom. The second-order valence-corrected chi connectivity index (χ2v) is 5.90. The minimum absolute atomic E-state index is 0.795. The van der Waals surface area contributed by atoms with Crippen molar-refractivity contribution in [2.75, 3.05) is 7.05 Å². The van der Waals surface area contributed by atoms with Crippen molar-refractivity contribution >= 4 is 27.3 Å². The second-order valence-electron chi connectivity index (χ2n) is 3.58. The summed E-state index contributed by atoms with van der Waals surface area (Å²) in [5.41, 5.74) is 3.56. The fourth-order valence-corrected chi connectivity index (χ4v) is 3.13. The lowest BCUT2D eigenvalue weighted by atomic mass is 10.1. The van der Waals surface area contributed by atoms with Crippen LogP contribution in [0.15, 0.2) is 28.1 Å². The van der Waals surface area contributed by atoms with Crippen molar-refractivity contribution < 1.29 is 0 Å². The Morgan fingerprint density at radius 3 is 2.81 bits per heavy atom. The van der Waals surface area contributed by atoms with Gasteiger partial charge in [-0.3, -0.25) is 0 Å². The van der Waals surface area contributed by atoms with E-state index in [0.717, 1.165) is 21.0 Å². The van der Waals surface area contributed by atoms with Crippen LogP contribution in [0.5, 0.6) is 0 Å². The number of benzene rings is 1. The first-order chi connectivity index (χ1) is 7.72. The van der Waals surface area contributed by atoms with Gasteiger partial charge in [0.2, 0.25) is 0 Å². The Hall–Kier alpha value is -0.710. The second kappa shape index (κ2) is 5.08. The van der Waals surface area contributed by atoms with Gasteiger partial charge in [-0.05, 0) is 35.5 Å². The molecule has 1 aromatic carbocycles. The van der Waals surface area contributed by atoms with Crippen molar-refractivity contribution in [2.45, 2.75) is 13.5 Å². The number of halogens is 1. The first kappa shape index (κ1) is 11.8. The van der Waals surface area contributed by atoms with Crippen LogP contribution in [0.3, 0.4) is 0 Å². The molecule has 2 rings (SSSR count). The molecule has 4 heteroatoms. The van der Waals surface area contributed by atoms with Crippen LogP contribution in [0, 0.1) is 6.92 Å². The summed E-state index contributed by atoms with van der Waals surface area (Å²) in [5.74, 6) is 0. The normalized spacial score (nSPS) is 10.7. The summed E-state index contributed by atoms with van der Waals surface area (Å²) >= 11 is 5.24. The minimum Gasteiger partial charge on any atom is -0.314 e. The van der Waals surface area contributed by atoms with Gasteiger partial charge in [0.25, 0.3) is 0 Å². The number of thiazole rings is 1.